The summed E-state index contributed by atoms with van der Waals surface area (Å²) in [6, 6.07) is 1.23. The lowest BCUT2D eigenvalue weighted by molar-refractivity contribution is 0.0685. The average molecular weight is 316 g/mol. The van der Waals surface area contributed by atoms with Gasteiger partial charge in [-0.1, -0.05) is 27.7 Å². The minimum absolute atomic E-state index is 0.000385. The van der Waals surface area contributed by atoms with Gasteiger partial charge in [0.1, 0.15) is 10.6 Å². The molecule has 0 aromatic carbocycles. The van der Waals surface area contributed by atoms with E-state index in [2.05, 4.69) is 0 Å². The van der Waals surface area contributed by atoms with Gasteiger partial charge in [-0.3, -0.25) is 0 Å². The zero-order valence-corrected chi connectivity index (χ0v) is 14.1. The van der Waals surface area contributed by atoms with Gasteiger partial charge in [0.2, 0.25) is 10.0 Å². The summed E-state index contributed by atoms with van der Waals surface area (Å²) in [6.07, 6.45) is 2.13. The van der Waals surface area contributed by atoms with Crippen molar-refractivity contribution in [1.29, 1.82) is 0 Å². The van der Waals surface area contributed by atoms with Gasteiger partial charge >= 0.3 is 5.97 Å². The third kappa shape index (κ3) is 4.31. The van der Waals surface area contributed by atoms with Crippen LogP contribution in [0.4, 0.5) is 0 Å². The largest absolute Gasteiger partial charge is 0.477 e. The topological polar surface area (TPSA) is 79.6 Å². The summed E-state index contributed by atoms with van der Waals surface area (Å²) >= 11 is 0. The smallest absolute Gasteiger partial charge is 0.352 e. The molecule has 1 heterocycles. The van der Waals surface area contributed by atoms with E-state index >= 15 is 0 Å². The van der Waals surface area contributed by atoms with Crippen LogP contribution in [0.15, 0.2) is 17.2 Å². The summed E-state index contributed by atoms with van der Waals surface area (Å²) in [7, 11) is -2.16. The zero-order chi connectivity index (χ0) is 16.4. The van der Waals surface area contributed by atoms with Crippen LogP contribution in [0.3, 0.4) is 0 Å². The Bertz CT molecular complexity index is 611. The quantitative estimate of drug-likeness (QED) is 0.873. The first-order chi connectivity index (χ1) is 9.49. The van der Waals surface area contributed by atoms with Gasteiger partial charge in [0.25, 0.3) is 0 Å². The molecule has 6 nitrogen and oxygen atoms in total. The molecule has 0 saturated heterocycles. The van der Waals surface area contributed by atoms with Crippen LogP contribution >= 0.6 is 0 Å². The van der Waals surface area contributed by atoms with E-state index < -0.39 is 16.0 Å². The normalized spacial score (nSPS) is 12.9. The molecule has 0 amide bonds. The monoisotopic (exact) mass is 316 g/mol. The third-order valence-corrected chi connectivity index (χ3v) is 4.73. The van der Waals surface area contributed by atoms with Gasteiger partial charge in [-0.15, -0.1) is 0 Å². The van der Waals surface area contributed by atoms with Crippen molar-refractivity contribution in [2.24, 2.45) is 5.41 Å². The molecule has 0 unspecified atom stereocenters. The van der Waals surface area contributed by atoms with E-state index in [0.29, 0.717) is 13.1 Å². The van der Waals surface area contributed by atoms with Gasteiger partial charge in [0.15, 0.2) is 0 Å². The molecule has 0 spiro atoms. The van der Waals surface area contributed by atoms with Gasteiger partial charge in [-0.2, -0.15) is 0 Å². The van der Waals surface area contributed by atoms with Crippen molar-refractivity contribution in [3.63, 3.8) is 0 Å². The van der Waals surface area contributed by atoms with Crippen molar-refractivity contribution >= 4 is 16.0 Å². The number of carboxylic acid groups (broad SMARTS) is 1. The summed E-state index contributed by atoms with van der Waals surface area (Å²) in [6.45, 7) is 8.58. The Labute approximate surface area is 126 Å². The molecule has 0 radical (unpaired) electrons. The summed E-state index contributed by atoms with van der Waals surface area (Å²) in [5, 5.41) is 9.17. The van der Waals surface area contributed by atoms with Gasteiger partial charge < -0.3 is 9.67 Å². The summed E-state index contributed by atoms with van der Waals surface area (Å²) < 4.78 is 27.8. The molecule has 0 aliphatic rings. The Morgan fingerprint density at radius 1 is 1.38 bits per heavy atom. The van der Waals surface area contributed by atoms with Crippen molar-refractivity contribution in [3.8, 4) is 0 Å². The molecular weight excluding hydrogens is 292 g/mol. The Hall–Kier alpha value is -1.34. The zero-order valence-electron chi connectivity index (χ0n) is 13.3. The molecule has 120 valence electrons. The SMILES string of the molecule is CCCn1cc(S(=O)(=O)N(C)CC(C)(C)C)cc1C(=O)O. The highest BCUT2D eigenvalue weighted by atomic mass is 32.2. The van der Waals surface area contributed by atoms with Crippen molar-refractivity contribution in [1.82, 2.24) is 8.87 Å². The first-order valence-electron chi connectivity index (χ1n) is 6.89. The lowest BCUT2D eigenvalue weighted by Gasteiger charge is -2.25. The van der Waals surface area contributed by atoms with Crippen LogP contribution in [0.2, 0.25) is 0 Å². The van der Waals surface area contributed by atoms with Crippen molar-refractivity contribution in [3.05, 3.63) is 18.0 Å². The molecule has 0 saturated carbocycles. The van der Waals surface area contributed by atoms with E-state index in [1.165, 1.54) is 28.2 Å². The van der Waals surface area contributed by atoms with Crippen LogP contribution in [-0.2, 0) is 16.6 Å². The number of nitrogens with zero attached hydrogens (tertiary/aromatic N) is 2. The third-order valence-electron chi connectivity index (χ3n) is 2.96. The maximum Gasteiger partial charge on any atom is 0.352 e. The van der Waals surface area contributed by atoms with Crippen LogP contribution in [0.1, 0.15) is 44.6 Å². The molecule has 0 fully saturated rings. The number of hydrogen-bond acceptors (Lipinski definition) is 3. The Morgan fingerprint density at radius 2 is 1.95 bits per heavy atom. The molecule has 21 heavy (non-hydrogen) atoms. The molecule has 1 aromatic heterocycles. The first-order valence-corrected chi connectivity index (χ1v) is 8.33. The first kappa shape index (κ1) is 17.7. The molecule has 1 aromatic rings. The van der Waals surface area contributed by atoms with Gasteiger partial charge in [-0.05, 0) is 17.9 Å². The average Bonchev–Trinajstić information content (AvgIpc) is 2.72. The van der Waals surface area contributed by atoms with Crippen LogP contribution in [0.5, 0.6) is 0 Å². The predicted octanol–water partition coefficient (Wildman–Crippen LogP) is 2.26. The van der Waals surface area contributed by atoms with Gasteiger partial charge in [0, 0.05) is 26.3 Å². The Kier molecular flexibility index (Phi) is 5.22. The van der Waals surface area contributed by atoms with Crippen LogP contribution in [0.25, 0.3) is 0 Å². The Morgan fingerprint density at radius 3 is 2.38 bits per heavy atom. The fraction of sp³-hybridized carbons (Fsp3) is 0.643. The van der Waals surface area contributed by atoms with E-state index in [-0.39, 0.29) is 16.0 Å². The van der Waals surface area contributed by atoms with E-state index in [9.17, 15) is 13.2 Å². The highest BCUT2D eigenvalue weighted by molar-refractivity contribution is 7.89. The number of rotatable bonds is 6. The van der Waals surface area contributed by atoms with Crippen LogP contribution < -0.4 is 0 Å². The maximum atomic E-state index is 12.5. The van der Waals surface area contributed by atoms with Gasteiger partial charge in [0.05, 0.1) is 0 Å². The van der Waals surface area contributed by atoms with E-state index in [4.69, 9.17) is 5.11 Å². The molecular formula is C14H24N2O4S. The lowest BCUT2D eigenvalue weighted by atomic mass is 9.97. The molecule has 1 rings (SSSR count). The Balaban J connectivity index is 3.20. The molecule has 0 atom stereocenters. The second-order valence-corrected chi connectivity index (χ2v) is 8.43. The minimum Gasteiger partial charge on any atom is -0.477 e. The fourth-order valence-electron chi connectivity index (χ4n) is 2.16. The van der Waals surface area contributed by atoms with Crippen molar-refractivity contribution in [2.75, 3.05) is 13.6 Å². The summed E-state index contributed by atoms with van der Waals surface area (Å²) in [4.78, 5) is 11.2. The van der Waals surface area contributed by atoms with E-state index in [1.807, 2.05) is 27.7 Å². The second kappa shape index (κ2) is 6.19. The number of hydrogen-bond donors (Lipinski definition) is 1. The minimum atomic E-state index is -3.68. The lowest BCUT2D eigenvalue weighted by Crippen LogP contribution is -2.34. The summed E-state index contributed by atoms with van der Waals surface area (Å²) in [5.41, 5.74) is -0.178. The number of carboxylic acids is 1. The standard InChI is InChI=1S/C14H24N2O4S/c1-6-7-16-9-11(8-12(16)13(17)18)21(19,20)15(5)10-14(2,3)4/h8-9H,6-7,10H2,1-5H3,(H,17,18). The van der Waals surface area contributed by atoms with Crippen molar-refractivity contribution in [2.45, 2.75) is 45.6 Å². The predicted molar refractivity (Wildman–Crippen MR) is 81.0 cm³/mol. The number of aromatic carboxylic acids is 1. The van der Waals surface area contributed by atoms with Gasteiger partial charge in [-0.25, -0.2) is 17.5 Å². The molecule has 1 N–H and O–H groups in total. The molecule has 0 bridgehead atoms. The number of sulfonamides is 1. The van der Waals surface area contributed by atoms with Crippen LogP contribution in [-0.4, -0.2) is 42.0 Å². The maximum absolute atomic E-state index is 12.5. The van der Waals surface area contributed by atoms with Crippen LogP contribution in [0, 0.1) is 5.41 Å². The highest BCUT2D eigenvalue weighted by Gasteiger charge is 2.28. The molecule has 7 heteroatoms. The van der Waals surface area contributed by atoms with Crippen molar-refractivity contribution < 1.29 is 18.3 Å². The molecule has 0 aliphatic heterocycles. The number of aryl methyl sites for hydroxylation is 1. The second-order valence-electron chi connectivity index (χ2n) is 6.38. The fourth-order valence-corrected chi connectivity index (χ4v) is 3.60. The summed E-state index contributed by atoms with van der Waals surface area (Å²) in [5.74, 6) is -1.12. The highest BCUT2D eigenvalue weighted by Crippen LogP contribution is 2.22. The van der Waals surface area contributed by atoms with E-state index in [1.54, 1.807) is 0 Å². The molecule has 0 aliphatic carbocycles. The number of carbonyl (C=O) groups is 1. The van der Waals surface area contributed by atoms with E-state index in [0.717, 1.165) is 6.42 Å². The number of aromatic nitrogens is 1.